The molecule has 0 spiro atoms. The second kappa shape index (κ2) is 3.93. The zero-order valence-electron chi connectivity index (χ0n) is 11.3. The number of benzene rings is 2. The van der Waals surface area contributed by atoms with Gasteiger partial charge in [-0.25, -0.2) is 0 Å². The summed E-state index contributed by atoms with van der Waals surface area (Å²) in [7, 11) is 0. The summed E-state index contributed by atoms with van der Waals surface area (Å²) >= 11 is 0. The van der Waals surface area contributed by atoms with Crippen molar-refractivity contribution in [2.24, 2.45) is 0 Å². The van der Waals surface area contributed by atoms with E-state index in [1.54, 1.807) is 19.1 Å². The van der Waals surface area contributed by atoms with Gasteiger partial charge in [0.2, 0.25) is 0 Å². The van der Waals surface area contributed by atoms with Crippen LogP contribution in [-0.4, -0.2) is 11.6 Å². The van der Waals surface area contributed by atoms with E-state index in [9.17, 15) is 9.59 Å². The van der Waals surface area contributed by atoms with Gasteiger partial charge in [0.15, 0.2) is 11.6 Å². The van der Waals surface area contributed by atoms with Crippen LogP contribution in [0.15, 0.2) is 24.3 Å². The van der Waals surface area contributed by atoms with Gasteiger partial charge in [0, 0.05) is 22.3 Å². The number of rotatable bonds is 0. The number of hydrogen-bond acceptors (Lipinski definition) is 4. The van der Waals surface area contributed by atoms with Crippen molar-refractivity contribution in [2.75, 3.05) is 11.5 Å². The first-order valence-electron chi connectivity index (χ1n) is 6.31. The highest BCUT2D eigenvalue weighted by atomic mass is 16.1. The molecule has 100 valence electrons. The first kappa shape index (κ1) is 12.4. The average molecular weight is 266 g/mol. The van der Waals surface area contributed by atoms with Gasteiger partial charge in [-0.05, 0) is 31.0 Å². The van der Waals surface area contributed by atoms with Crippen LogP contribution in [0.5, 0.6) is 0 Å². The Morgan fingerprint density at radius 1 is 0.900 bits per heavy atom. The van der Waals surface area contributed by atoms with Crippen LogP contribution in [0.1, 0.15) is 43.0 Å². The molecule has 4 N–H and O–H groups in total. The lowest BCUT2D eigenvalue weighted by molar-refractivity contribution is 0.0978. The van der Waals surface area contributed by atoms with E-state index in [0.29, 0.717) is 39.2 Å². The molecule has 0 radical (unpaired) electrons. The smallest absolute Gasteiger partial charge is 0.194 e. The minimum absolute atomic E-state index is 0.164. The summed E-state index contributed by atoms with van der Waals surface area (Å²) in [6.45, 7) is 3.54. The second-order valence-corrected chi connectivity index (χ2v) is 5.08. The highest BCUT2D eigenvalue weighted by Crippen LogP contribution is 2.35. The molecule has 1 aliphatic rings. The highest BCUT2D eigenvalue weighted by molar-refractivity contribution is 6.30. The molecule has 4 nitrogen and oxygen atoms in total. The summed E-state index contributed by atoms with van der Waals surface area (Å²) < 4.78 is 0. The first-order chi connectivity index (χ1) is 9.43. The Hall–Kier alpha value is -2.62. The summed E-state index contributed by atoms with van der Waals surface area (Å²) in [5.74, 6) is -0.329. The third-order valence-electron chi connectivity index (χ3n) is 3.88. The van der Waals surface area contributed by atoms with Crippen LogP contribution in [0.3, 0.4) is 0 Å². The number of carbonyl (C=O) groups is 2. The lowest BCUT2D eigenvalue weighted by atomic mass is 9.79. The van der Waals surface area contributed by atoms with Crippen molar-refractivity contribution >= 4 is 22.9 Å². The molecule has 0 fully saturated rings. The molecule has 0 heterocycles. The third kappa shape index (κ3) is 1.42. The monoisotopic (exact) mass is 266 g/mol. The Bertz CT molecular complexity index is 790. The average Bonchev–Trinajstić information content (AvgIpc) is 2.41. The molecule has 0 atom stereocenters. The molecule has 0 saturated carbocycles. The Morgan fingerprint density at radius 2 is 1.55 bits per heavy atom. The molecule has 3 rings (SSSR count). The van der Waals surface area contributed by atoms with Crippen LogP contribution >= 0.6 is 0 Å². The third-order valence-corrected chi connectivity index (χ3v) is 3.88. The summed E-state index contributed by atoms with van der Waals surface area (Å²) in [5, 5.41) is 0. The maximum absolute atomic E-state index is 12.6. The van der Waals surface area contributed by atoms with Crippen molar-refractivity contribution < 1.29 is 9.59 Å². The summed E-state index contributed by atoms with van der Waals surface area (Å²) in [6.07, 6.45) is 0. The number of aryl methyl sites for hydroxylation is 1. The zero-order chi connectivity index (χ0) is 14.6. The van der Waals surface area contributed by atoms with Crippen LogP contribution in [0, 0.1) is 13.8 Å². The van der Waals surface area contributed by atoms with E-state index in [2.05, 4.69) is 0 Å². The van der Waals surface area contributed by atoms with E-state index >= 15 is 0 Å². The molecule has 2 aromatic rings. The topological polar surface area (TPSA) is 86.2 Å². The van der Waals surface area contributed by atoms with E-state index in [4.69, 9.17) is 11.5 Å². The van der Waals surface area contributed by atoms with E-state index in [1.165, 1.54) is 6.07 Å². The Kier molecular flexibility index (Phi) is 2.44. The predicted molar refractivity (Wildman–Crippen MR) is 78.0 cm³/mol. The molecule has 1 aliphatic carbocycles. The number of anilines is 2. The first-order valence-corrected chi connectivity index (χ1v) is 6.31. The van der Waals surface area contributed by atoms with Crippen molar-refractivity contribution in [3.05, 3.63) is 57.6 Å². The summed E-state index contributed by atoms with van der Waals surface area (Å²) in [4.78, 5) is 25.3. The van der Waals surface area contributed by atoms with Crippen LogP contribution in [0.2, 0.25) is 0 Å². The van der Waals surface area contributed by atoms with Gasteiger partial charge in [0.1, 0.15) is 0 Å². The SMILES string of the molecule is Cc1cccc2c1C(=O)c1cc(N)c(N)c(C)c1C2=O. The van der Waals surface area contributed by atoms with Crippen molar-refractivity contribution in [1.29, 1.82) is 0 Å². The lowest BCUT2D eigenvalue weighted by Crippen LogP contribution is -2.24. The molecule has 4 heteroatoms. The highest BCUT2D eigenvalue weighted by Gasteiger charge is 2.33. The van der Waals surface area contributed by atoms with Crippen molar-refractivity contribution in [2.45, 2.75) is 13.8 Å². The molecule has 0 aromatic heterocycles. The van der Waals surface area contributed by atoms with Crippen LogP contribution < -0.4 is 11.5 Å². The number of ketones is 2. The van der Waals surface area contributed by atoms with Crippen LogP contribution in [-0.2, 0) is 0 Å². The van der Waals surface area contributed by atoms with E-state index in [0.717, 1.165) is 5.56 Å². The second-order valence-electron chi connectivity index (χ2n) is 5.08. The van der Waals surface area contributed by atoms with E-state index in [-0.39, 0.29) is 11.6 Å². The van der Waals surface area contributed by atoms with Crippen molar-refractivity contribution in [1.82, 2.24) is 0 Å². The summed E-state index contributed by atoms with van der Waals surface area (Å²) in [6, 6.07) is 6.79. The van der Waals surface area contributed by atoms with Crippen molar-refractivity contribution in [3.8, 4) is 0 Å². The van der Waals surface area contributed by atoms with Gasteiger partial charge in [0.05, 0.1) is 11.4 Å². The molecular weight excluding hydrogens is 252 g/mol. The largest absolute Gasteiger partial charge is 0.397 e. The fourth-order valence-corrected chi connectivity index (χ4v) is 2.76. The maximum Gasteiger partial charge on any atom is 0.194 e. The Labute approximate surface area is 116 Å². The molecule has 20 heavy (non-hydrogen) atoms. The summed E-state index contributed by atoms with van der Waals surface area (Å²) in [5.41, 5.74) is 15.4. The fourth-order valence-electron chi connectivity index (χ4n) is 2.76. The number of carbonyl (C=O) groups excluding carboxylic acids is 2. The number of hydrogen-bond donors (Lipinski definition) is 2. The number of nitrogens with two attached hydrogens (primary N) is 2. The predicted octanol–water partition coefficient (Wildman–Crippen LogP) is 2.24. The fraction of sp³-hybridized carbons (Fsp3) is 0.125. The van der Waals surface area contributed by atoms with Crippen LogP contribution in [0.4, 0.5) is 11.4 Å². The van der Waals surface area contributed by atoms with E-state index < -0.39 is 0 Å². The number of nitrogen functional groups attached to an aromatic ring is 2. The normalized spacial score (nSPS) is 13.1. The minimum atomic E-state index is -0.164. The molecular formula is C16H14N2O2. The molecule has 0 aliphatic heterocycles. The minimum Gasteiger partial charge on any atom is -0.397 e. The van der Waals surface area contributed by atoms with Crippen molar-refractivity contribution in [3.63, 3.8) is 0 Å². The Balaban J connectivity index is 2.41. The molecule has 0 bridgehead atoms. The molecule has 0 saturated heterocycles. The van der Waals surface area contributed by atoms with Crippen LogP contribution in [0.25, 0.3) is 0 Å². The quantitative estimate of drug-likeness (QED) is 0.611. The molecule has 0 unspecified atom stereocenters. The van der Waals surface area contributed by atoms with E-state index in [1.807, 2.05) is 13.0 Å². The maximum atomic E-state index is 12.6. The van der Waals surface area contributed by atoms with Gasteiger partial charge in [0.25, 0.3) is 0 Å². The zero-order valence-corrected chi connectivity index (χ0v) is 11.3. The molecule has 0 amide bonds. The van der Waals surface area contributed by atoms with Gasteiger partial charge in [-0.3, -0.25) is 9.59 Å². The number of fused-ring (bicyclic) bond motifs is 2. The van der Waals surface area contributed by atoms with Gasteiger partial charge < -0.3 is 11.5 Å². The van der Waals surface area contributed by atoms with Gasteiger partial charge in [-0.1, -0.05) is 18.2 Å². The Morgan fingerprint density at radius 3 is 2.25 bits per heavy atom. The van der Waals surface area contributed by atoms with Gasteiger partial charge in [-0.2, -0.15) is 0 Å². The standard InChI is InChI=1S/C16H14N2O2/c1-7-4-3-5-9-12(7)16(20)10-6-11(17)14(18)8(2)13(10)15(9)19/h3-6H,17-18H2,1-2H3. The van der Waals surface area contributed by atoms with Gasteiger partial charge in [-0.15, -0.1) is 0 Å². The lowest BCUT2D eigenvalue weighted by Gasteiger charge is -2.22. The molecule has 2 aromatic carbocycles. The van der Waals surface area contributed by atoms with Gasteiger partial charge >= 0.3 is 0 Å².